The van der Waals surface area contributed by atoms with E-state index < -0.39 is 34.7 Å². The summed E-state index contributed by atoms with van der Waals surface area (Å²) in [5.41, 5.74) is -0.127. The third-order valence-electron chi connectivity index (χ3n) is 3.72. The molecule has 1 atom stereocenters. The molecule has 0 unspecified atom stereocenters. The van der Waals surface area contributed by atoms with Gasteiger partial charge in [0.15, 0.2) is 6.10 Å². The molecule has 0 aliphatic carbocycles. The number of hydrogen-bond acceptors (Lipinski definition) is 3. The summed E-state index contributed by atoms with van der Waals surface area (Å²) in [5.74, 6) is -1.35. The van der Waals surface area contributed by atoms with Gasteiger partial charge in [-0.25, -0.2) is 4.79 Å². The van der Waals surface area contributed by atoms with E-state index in [0.717, 1.165) is 12.1 Å². The molecule has 0 saturated carbocycles. The van der Waals surface area contributed by atoms with Gasteiger partial charge < -0.3 is 10.1 Å². The van der Waals surface area contributed by atoms with E-state index in [-0.39, 0.29) is 12.1 Å². The number of halogens is 4. The van der Waals surface area contributed by atoms with Crippen LogP contribution >= 0.6 is 11.6 Å². The summed E-state index contributed by atoms with van der Waals surface area (Å²) in [5, 5.41) is 1.86. The average Bonchev–Trinajstić information content (AvgIpc) is 2.55. The first-order valence-electron chi connectivity index (χ1n) is 7.22. The normalized spacial score (nSPS) is 16.8. The van der Waals surface area contributed by atoms with Crippen molar-refractivity contribution in [3.63, 3.8) is 0 Å². The Hall–Kier alpha value is -2.54. The Morgan fingerprint density at radius 1 is 1.20 bits per heavy atom. The highest BCUT2D eigenvalue weighted by Gasteiger charge is 2.34. The molecule has 0 aromatic heterocycles. The third kappa shape index (κ3) is 3.61. The van der Waals surface area contributed by atoms with Crippen LogP contribution in [0.3, 0.4) is 0 Å². The lowest BCUT2D eigenvalue weighted by atomic mass is 9.98. The van der Waals surface area contributed by atoms with E-state index in [4.69, 9.17) is 16.3 Å². The number of ether oxygens (including phenoxy) is 1. The first-order chi connectivity index (χ1) is 11.8. The number of hydrogen-bond donors (Lipinski definition) is 1. The lowest BCUT2D eigenvalue weighted by Crippen LogP contribution is -2.38. The highest BCUT2D eigenvalue weighted by molar-refractivity contribution is 6.31. The molecule has 1 aliphatic heterocycles. The quantitative estimate of drug-likeness (QED) is 0.812. The zero-order valence-electron chi connectivity index (χ0n) is 12.6. The van der Waals surface area contributed by atoms with E-state index in [1.165, 1.54) is 6.07 Å². The van der Waals surface area contributed by atoms with Crippen LogP contribution in [-0.2, 0) is 22.1 Å². The predicted molar refractivity (Wildman–Crippen MR) is 84.4 cm³/mol. The molecule has 1 aliphatic rings. The second kappa shape index (κ2) is 6.40. The number of carbonyl (C=O) groups is 2. The van der Waals surface area contributed by atoms with Crippen molar-refractivity contribution >= 4 is 29.2 Å². The summed E-state index contributed by atoms with van der Waals surface area (Å²) in [6.07, 6.45) is -5.62. The number of carbonyl (C=O) groups excluding carboxylic acids is 2. The molecule has 3 rings (SSSR count). The maximum atomic E-state index is 12.9. The van der Waals surface area contributed by atoms with Crippen LogP contribution in [0.1, 0.15) is 21.5 Å². The number of fused-ring (bicyclic) bond motifs is 1. The number of cyclic esters (lactones) is 1. The van der Waals surface area contributed by atoms with Crippen LogP contribution in [-0.4, -0.2) is 18.0 Å². The van der Waals surface area contributed by atoms with Crippen LogP contribution < -0.4 is 5.32 Å². The smallest absolute Gasteiger partial charge is 0.417 e. The van der Waals surface area contributed by atoms with Gasteiger partial charge in [-0.05, 0) is 29.8 Å². The molecular formula is C17H11ClF3NO3. The number of anilines is 1. The molecule has 25 heavy (non-hydrogen) atoms. The topological polar surface area (TPSA) is 55.4 Å². The zero-order valence-corrected chi connectivity index (χ0v) is 13.3. The Morgan fingerprint density at radius 2 is 1.92 bits per heavy atom. The lowest BCUT2D eigenvalue weighted by molar-refractivity contribution is -0.137. The van der Waals surface area contributed by atoms with Crippen LogP contribution in [0, 0.1) is 0 Å². The van der Waals surface area contributed by atoms with Crippen LogP contribution in [0.4, 0.5) is 18.9 Å². The second-order valence-electron chi connectivity index (χ2n) is 5.44. The Kier molecular flexibility index (Phi) is 4.43. The second-order valence-corrected chi connectivity index (χ2v) is 5.84. The molecule has 1 amide bonds. The van der Waals surface area contributed by atoms with E-state index in [1.807, 2.05) is 0 Å². The molecule has 1 N–H and O–H groups in total. The molecule has 0 spiro atoms. The van der Waals surface area contributed by atoms with E-state index in [9.17, 15) is 22.8 Å². The molecule has 1 heterocycles. The molecule has 2 aromatic carbocycles. The highest BCUT2D eigenvalue weighted by Crippen LogP contribution is 2.36. The standard InChI is InChI=1S/C17H11ClF3NO3/c18-13-6-5-10(8-12(13)17(19,20)21)22-15(23)14-7-9-3-1-2-4-11(9)16(24)25-14/h1-6,8,14H,7H2,(H,22,23)/t14-/m0/s1. The summed E-state index contributed by atoms with van der Waals surface area (Å²) >= 11 is 5.54. The van der Waals surface area contributed by atoms with Crippen LogP contribution in [0.2, 0.25) is 5.02 Å². The fourth-order valence-electron chi connectivity index (χ4n) is 2.52. The first kappa shape index (κ1) is 17.3. The van der Waals surface area contributed by atoms with Gasteiger partial charge in [-0.1, -0.05) is 29.8 Å². The SMILES string of the molecule is O=C1O[C@H](C(=O)Nc2ccc(Cl)c(C(F)(F)F)c2)Cc2ccccc21. The summed E-state index contributed by atoms with van der Waals surface area (Å²) in [6, 6.07) is 9.70. The van der Waals surface area contributed by atoms with E-state index >= 15 is 0 Å². The van der Waals surface area contributed by atoms with Crippen molar-refractivity contribution in [2.45, 2.75) is 18.7 Å². The van der Waals surface area contributed by atoms with Gasteiger partial charge in [0.2, 0.25) is 0 Å². The molecule has 2 aromatic rings. The zero-order chi connectivity index (χ0) is 18.2. The number of amides is 1. The van der Waals surface area contributed by atoms with Crippen molar-refractivity contribution in [2.24, 2.45) is 0 Å². The van der Waals surface area contributed by atoms with Crippen molar-refractivity contribution in [1.82, 2.24) is 0 Å². The Balaban J connectivity index is 1.79. The van der Waals surface area contributed by atoms with Gasteiger partial charge in [0.05, 0.1) is 16.1 Å². The molecule has 4 nitrogen and oxygen atoms in total. The number of esters is 1. The lowest BCUT2D eigenvalue weighted by Gasteiger charge is -2.24. The molecular weight excluding hydrogens is 359 g/mol. The van der Waals surface area contributed by atoms with Gasteiger partial charge in [0.1, 0.15) is 0 Å². The van der Waals surface area contributed by atoms with Crippen molar-refractivity contribution in [3.8, 4) is 0 Å². The van der Waals surface area contributed by atoms with Gasteiger partial charge in [0, 0.05) is 12.1 Å². The Bertz CT molecular complexity index is 851. The molecule has 0 saturated heterocycles. The minimum absolute atomic E-state index is 0.0865. The van der Waals surface area contributed by atoms with E-state index in [0.29, 0.717) is 11.1 Å². The van der Waals surface area contributed by atoms with Gasteiger partial charge in [0.25, 0.3) is 5.91 Å². The third-order valence-corrected chi connectivity index (χ3v) is 4.05. The van der Waals surface area contributed by atoms with Gasteiger partial charge >= 0.3 is 12.1 Å². The van der Waals surface area contributed by atoms with E-state index in [1.54, 1.807) is 24.3 Å². The Morgan fingerprint density at radius 3 is 2.64 bits per heavy atom. The summed E-state index contributed by atoms with van der Waals surface area (Å²) in [4.78, 5) is 24.2. The highest BCUT2D eigenvalue weighted by atomic mass is 35.5. The van der Waals surface area contributed by atoms with E-state index in [2.05, 4.69) is 5.32 Å². The van der Waals surface area contributed by atoms with Gasteiger partial charge in [-0.15, -0.1) is 0 Å². The minimum Gasteiger partial charge on any atom is -0.448 e. The summed E-state index contributed by atoms with van der Waals surface area (Å²) in [6.45, 7) is 0. The van der Waals surface area contributed by atoms with Crippen LogP contribution in [0.25, 0.3) is 0 Å². The molecule has 130 valence electrons. The fourth-order valence-corrected chi connectivity index (χ4v) is 2.75. The average molecular weight is 370 g/mol. The predicted octanol–water partition coefficient (Wildman–Crippen LogP) is 4.08. The van der Waals surface area contributed by atoms with Crippen molar-refractivity contribution < 1.29 is 27.5 Å². The van der Waals surface area contributed by atoms with Crippen molar-refractivity contribution in [3.05, 3.63) is 64.2 Å². The van der Waals surface area contributed by atoms with Crippen molar-refractivity contribution in [1.29, 1.82) is 0 Å². The number of rotatable bonds is 2. The molecule has 0 fully saturated rings. The largest absolute Gasteiger partial charge is 0.448 e. The number of benzene rings is 2. The number of alkyl halides is 3. The van der Waals surface area contributed by atoms with Crippen molar-refractivity contribution in [2.75, 3.05) is 5.32 Å². The monoisotopic (exact) mass is 369 g/mol. The molecule has 0 bridgehead atoms. The number of nitrogens with one attached hydrogen (secondary N) is 1. The van der Waals surface area contributed by atoms with Crippen LogP contribution in [0.5, 0.6) is 0 Å². The molecule has 8 heteroatoms. The van der Waals surface area contributed by atoms with Gasteiger partial charge in [-0.3, -0.25) is 4.79 Å². The Labute approximate surface area is 145 Å². The maximum absolute atomic E-state index is 12.9. The van der Waals surface area contributed by atoms with Crippen LogP contribution in [0.15, 0.2) is 42.5 Å². The maximum Gasteiger partial charge on any atom is 0.417 e. The summed E-state index contributed by atoms with van der Waals surface area (Å²) in [7, 11) is 0. The first-order valence-corrected chi connectivity index (χ1v) is 7.60. The fraction of sp³-hybridized carbons (Fsp3) is 0.176. The summed E-state index contributed by atoms with van der Waals surface area (Å²) < 4.78 is 43.7. The molecule has 0 radical (unpaired) electrons. The minimum atomic E-state index is -4.64. The van der Waals surface area contributed by atoms with Gasteiger partial charge in [-0.2, -0.15) is 13.2 Å².